The van der Waals surface area contributed by atoms with Crippen molar-refractivity contribution in [3.63, 3.8) is 0 Å². The van der Waals surface area contributed by atoms with E-state index in [2.05, 4.69) is 44.2 Å². The van der Waals surface area contributed by atoms with Crippen molar-refractivity contribution in [3.8, 4) is 6.07 Å². The van der Waals surface area contributed by atoms with Gasteiger partial charge in [-0.25, -0.2) is 0 Å². The maximum atomic E-state index is 9.61. The molecule has 0 aromatic heterocycles. The third kappa shape index (κ3) is 4.51. The Morgan fingerprint density at radius 2 is 1.38 bits per heavy atom. The lowest BCUT2D eigenvalue weighted by atomic mass is 9.67. The normalized spacial score (nSPS) is 32.1. The quantitative estimate of drug-likeness (QED) is 0.514. The second-order valence-corrected chi connectivity index (χ2v) is 9.09. The Bertz CT molecular complexity index is 578. The molecule has 2 aliphatic rings. The number of nitriles is 1. The molecule has 0 bridgehead atoms. The van der Waals surface area contributed by atoms with E-state index in [1.807, 2.05) is 0 Å². The topological polar surface area (TPSA) is 23.8 Å². The summed E-state index contributed by atoms with van der Waals surface area (Å²) in [6.45, 7) is 4.53. The van der Waals surface area contributed by atoms with Gasteiger partial charge in [0.25, 0.3) is 0 Å². The number of hydrogen-bond donors (Lipinski definition) is 0. The molecule has 0 heterocycles. The fourth-order valence-electron chi connectivity index (χ4n) is 5.63. The predicted molar refractivity (Wildman–Crippen MR) is 110 cm³/mol. The molecule has 2 saturated carbocycles. The third-order valence-corrected chi connectivity index (χ3v) is 7.33. The van der Waals surface area contributed by atoms with Gasteiger partial charge in [-0.1, -0.05) is 57.4 Å². The lowest BCUT2D eigenvalue weighted by molar-refractivity contribution is 0.228. The molecule has 0 aliphatic heterocycles. The van der Waals surface area contributed by atoms with E-state index in [1.165, 1.54) is 56.9 Å². The van der Waals surface area contributed by atoms with Gasteiger partial charge < -0.3 is 0 Å². The van der Waals surface area contributed by atoms with Crippen LogP contribution in [-0.4, -0.2) is 0 Å². The zero-order chi connectivity index (χ0) is 18.4. The van der Waals surface area contributed by atoms with Gasteiger partial charge in [0.15, 0.2) is 0 Å². The molecule has 1 aromatic rings. The van der Waals surface area contributed by atoms with Crippen molar-refractivity contribution in [1.82, 2.24) is 0 Å². The fourth-order valence-corrected chi connectivity index (χ4v) is 5.63. The fraction of sp³-hybridized carbons (Fsp3) is 0.720. The standard InChI is InChI=1S/C25H37N/c1-3-5-20-6-8-21(9-7-20)22-10-12-23(13-11-22)24-14-17-25(19-26,16-4-2)18-15-24/h10-13,20-21,24H,3-9,14-18H2,1-2H3. The molecule has 3 rings (SSSR count). The van der Waals surface area contributed by atoms with Crippen LogP contribution >= 0.6 is 0 Å². The van der Waals surface area contributed by atoms with Crippen molar-refractivity contribution in [2.75, 3.05) is 0 Å². The van der Waals surface area contributed by atoms with Crippen molar-refractivity contribution >= 4 is 0 Å². The van der Waals surface area contributed by atoms with Gasteiger partial charge in [0, 0.05) is 0 Å². The molecule has 142 valence electrons. The zero-order valence-corrected chi connectivity index (χ0v) is 17.0. The van der Waals surface area contributed by atoms with Gasteiger partial charge in [0.1, 0.15) is 0 Å². The Kier molecular flexibility index (Phi) is 6.80. The van der Waals surface area contributed by atoms with Crippen LogP contribution in [0.4, 0.5) is 0 Å². The van der Waals surface area contributed by atoms with Gasteiger partial charge in [-0.2, -0.15) is 5.26 Å². The molecule has 0 amide bonds. The Morgan fingerprint density at radius 3 is 1.85 bits per heavy atom. The molecule has 1 nitrogen and oxygen atoms in total. The smallest absolute Gasteiger partial charge is 0.0689 e. The highest BCUT2D eigenvalue weighted by Gasteiger charge is 2.35. The Balaban J connectivity index is 1.55. The second-order valence-electron chi connectivity index (χ2n) is 9.09. The molecule has 26 heavy (non-hydrogen) atoms. The summed E-state index contributed by atoms with van der Waals surface area (Å²) in [5, 5.41) is 9.61. The van der Waals surface area contributed by atoms with E-state index in [4.69, 9.17) is 0 Å². The summed E-state index contributed by atoms with van der Waals surface area (Å²) in [5.41, 5.74) is 3.05. The molecule has 0 unspecified atom stereocenters. The van der Waals surface area contributed by atoms with Crippen molar-refractivity contribution in [1.29, 1.82) is 5.26 Å². The van der Waals surface area contributed by atoms with E-state index >= 15 is 0 Å². The molecule has 0 saturated heterocycles. The van der Waals surface area contributed by atoms with E-state index in [0.29, 0.717) is 5.92 Å². The summed E-state index contributed by atoms with van der Waals surface area (Å²) in [7, 11) is 0. The van der Waals surface area contributed by atoms with Crippen LogP contribution in [0.5, 0.6) is 0 Å². The first kappa shape index (κ1) is 19.5. The van der Waals surface area contributed by atoms with Crippen LogP contribution in [0.25, 0.3) is 0 Å². The van der Waals surface area contributed by atoms with Gasteiger partial charge in [-0.3, -0.25) is 0 Å². The summed E-state index contributed by atoms with van der Waals surface area (Å²) in [6, 6.07) is 12.3. The number of rotatable bonds is 6. The van der Waals surface area contributed by atoms with Gasteiger partial charge >= 0.3 is 0 Å². The van der Waals surface area contributed by atoms with Gasteiger partial charge in [0.05, 0.1) is 11.5 Å². The molecule has 1 aromatic carbocycles. The van der Waals surface area contributed by atoms with E-state index in [-0.39, 0.29) is 5.41 Å². The summed E-state index contributed by atoms with van der Waals surface area (Å²) in [4.78, 5) is 0. The molecule has 0 atom stereocenters. The predicted octanol–water partition coefficient (Wildman–Crippen LogP) is 7.73. The summed E-state index contributed by atoms with van der Waals surface area (Å²) < 4.78 is 0. The Morgan fingerprint density at radius 1 is 0.846 bits per heavy atom. The molecule has 0 radical (unpaired) electrons. The van der Waals surface area contributed by atoms with E-state index in [9.17, 15) is 5.26 Å². The first-order chi connectivity index (χ1) is 12.7. The first-order valence-electron chi connectivity index (χ1n) is 11.2. The third-order valence-electron chi connectivity index (χ3n) is 7.33. The van der Waals surface area contributed by atoms with Crippen molar-refractivity contribution < 1.29 is 0 Å². The molecule has 2 aliphatic carbocycles. The number of benzene rings is 1. The largest absolute Gasteiger partial charge is 0.198 e. The van der Waals surface area contributed by atoms with E-state index < -0.39 is 0 Å². The average molecular weight is 352 g/mol. The minimum atomic E-state index is -0.0255. The zero-order valence-electron chi connectivity index (χ0n) is 17.0. The van der Waals surface area contributed by atoms with Crippen molar-refractivity contribution in [3.05, 3.63) is 35.4 Å². The Hall–Kier alpha value is -1.29. The van der Waals surface area contributed by atoms with Gasteiger partial charge in [-0.05, 0) is 86.7 Å². The highest BCUT2D eigenvalue weighted by Crippen LogP contribution is 2.45. The lowest BCUT2D eigenvalue weighted by Gasteiger charge is -2.35. The molecule has 1 heteroatoms. The highest BCUT2D eigenvalue weighted by molar-refractivity contribution is 5.28. The SMILES string of the molecule is CCCC1CCC(c2ccc(C3CCC(C#N)(CCC)CC3)cc2)CC1. The van der Waals surface area contributed by atoms with Crippen LogP contribution < -0.4 is 0 Å². The first-order valence-corrected chi connectivity index (χ1v) is 11.2. The molecular formula is C25H37N. The minimum absolute atomic E-state index is 0.0255. The molecule has 0 N–H and O–H groups in total. The van der Waals surface area contributed by atoms with Crippen molar-refractivity contribution in [2.45, 2.75) is 103 Å². The summed E-state index contributed by atoms with van der Waals surface area (Å²) in [5.74, 6) is 2.45. The highest BCUT2D eigenvalue weighted by atomic mass is 14.4. The maximum absolute atomic E-state index is 9.61. The summed E-state index contributed by atoms with van der Waals surface area (Å²) >= 11 is 0. The maximum Gasteiger partial charge on any atom is 0.0689 e. The lowest BCUT2D eigenvalue weighted by Crippen LogP contribution is -2.25. The number of nitrogens with zero attached hydrogens (tertiary/aromatic N) is 1. The number of hydrogen-bond acceptors (Lipinski definition) is 1. The van der Waals surface area contributed by atoms with Crippen LogP contribution in [0.15, 0.2) is 24.3 Å². The summed E-state index contributed by atoms with van der Waals surface area (Å²) in [6.07, 6.45) is 15.2. The van der Waals surface area contributed by atoms with Gasteiger partial charge in [-0.15, -0.1) is 0 Å². The monoisotopic (exact) mass is 351 g/mol. The van der Waals surface area contributed by atoms with Crippen LogP contribution in [-0.2, 0) is 0 Å². The van der Waals surface area contributed by atoms with Crippen LogP contribution in [0.3, 0.4) is 0 Å². The molecule has 2 fully saturated rings. The second kappa shape index (κ2) is 9.07. The average Bonchev–Trinajstić information content (AvgIpc) is 2.70. The Labute approximate surface area is 161 Å². The van der Waals surface area contributed by atoms with Crippen LogP contribution in [0.1, 0.15) is 114 Å². The molecular weight excluding hydrogens is 314 g/mol. The van der Waals surface area contributed by atoms with Gasteiger partial charge in [0.2, 0.25) is 0 Å². The van der Waals surface area contributed by atoms with E-state index in [1.54, 1.807) is 5.56 Å². The minimum Gasteiger partial charge on any atom is -0.198 e. The van der Waals surface area contributed by atoms with Crippen LogP contribution in [0.2, 0.25) is 0 Å². The molecule has 0 spiro atoms. The van der Waals surface area contributed by atoms with E-state index in [0.717, 1.165) is 37.5 Å². The van der Waals surface area contributed by atoms with Crippen molar-refractivity contribution in [2.24, 2.45) is 11.3 Å². The van der Waals surface area contributed by atoms with Crippen LogP contribution in [0, 0.1) is 22.7 Å².